The number of carbonyl (C=O) groups is 1. The standard InChI is InChI=1S/C14H21N3O2/c1-9-5-6-10(2)11(7-9)8-12(18)16-14(3,4)13(15)17-19/h5-7,19H,8H2,1-4H3,(H2,15,17)(H,16,18). The van der Waals surface area contributed by atoms with Gasteiger partial charge in [0.05, 0.1) is 12.0 Å². The molecule has 5 nitrogen and oxygen atoms in total. The maximum Gasteiger partial charge on any atom is 0.225 e. The summed E-state index contributed by atoms with van der Waals surface area (Å²) in [4.78, 5) is 12.0. The molecule has 0 bridgehead atoms. The molecular formula is C14H21N3O2. The van der Waals surface area contributed by atoms with Crippen LogP contribution in [0.15, 0.2) is 23.4 Å². The van der Waals surface area contributed by atoms with Crippen LogP contribution in [-0.2, 0) is 11.2 Å². The highest BCUT2D eigenvalue weighted by Crippen LogP contribution is 2.12. The van der Waals surface area contributed by atoms with Gasteiger partial charge in [0.25, 0.3) is 0 Å². The van der Waals surface area contributed by atoms with E-state index in [1.165, 1.54) is 0 Å². The summed E-state index contributed by atoms with van der Waals surface area (Å²) in [5.74, 6) is -0.188. The maximum atomic E-state index is 12.0. The molecule has 1 rings (SSSR count). The van der Waals surface area contributed by atoms with Gasteiger partial charge in [-0.05, 0) is 38.8 Å². The minimum absolute atomic E-state index is 0.0261. The van der Waals surface area contributed by atoms with Gasteiger partial charge < -0.3 is 16.3 Å². The number of benzene rings is 1. The van der Waals surface area contributed by atoms with E-state index in [1.807, 2.05) is 32.0 Å². The van der Waals surface area contributed by atoms with Crippen molar-refractivity contribution in [2.75, 3.05) is 0 Å². The average molecular weight is 263 g/mol. The Morgan fingerprint density at radius 1 is 1.42 bits per heavy atom. The van der Waals surface area contributed by atoms with Crippen LogP contribution >= 0.6 is 0 Å². The molecule has 0 fully saturated rings. The molecule has 0 unspecified atom stereocenters. The predicted octanol–water partition coefficient (Wildman–Crippen LogP) is 1.49. The minimum atomic E-state index is -0.871. The number of amides is 1. The van der Waals surface area contributed by atoms with Crippen molar-refractivity contribution in [1.29, 1.82) is 0 Å². The third-order valence-electron chi connectivity index (χ3n) is 3.06. The Labute approximate surface area is 113 Å². The lowest BCUT2D eigenvalue weighted by Crippen LogP contribution is -2.53. The van der Waals surface area contributed by atoms with Crippen molar-refractivity contribution in [3.05, 3.63) is 34.9 Å². The SMILES string of the molecule is Cc1ccc(C)c(CC(=O)NC(C)(C)C(N)=NO)c1. The van der Waals surface area contributed by atoms with Crippen LogP contribution in [0, 0.1) is 13.8 Å². The number of rotatable bonds is 4. The quantitative estimate of drug-likeness (QED) is 0.333. The number of amidine groups is 1. The molecule has 0 aliphatic carbocycles. The van der Waals surface area contributed by atoms with E-state index in [9.17, 15) is 4.79 Å². The first-order chi connectivity index (χ1) is 8.76. The minimum Gasteiger partial charge on any atom is -0.409 e. The Morgan fingerprint density at radius 2 is 2.05 bits per heavy atom. The molecule has 19 heavy (non-hydrogen) atoms. The van der Waals surface area contributed by atoms with Gasteiger partial charge in [0.1, 0.15) is 0 Å². The lowest BCUT2D eigenvalue weighted by atomic mass is 10.0. The summed E-state index contributed by atoms with van der Waals surface area (Å²) < 4.78 is 0. The number of carbonyl (C=O) groups excluding carboxylic acids is 1. The summed E-state index contributed by atoms with van der Waals surface area (Å²) in [5, 5.41) is 14.3. The van der Waals surface area contributed by atoms with Gasteiger partial charge in [-0.25, -0.2) is 0 Å². The molecular weight excluding hydrogens is 242 g/mol. The number of nitrogens with two attached hydrogens (primary N) is 1. The van der Waals surface area contributed by atoms with Crippen LogP contribution in [0.3, 0.4) is 0 Å². The van der Waals surface area contributed by atoms with E-state index in [4.69, 9.17) is 10.9 Å². The van der Waals surface area contributed by atoms with E-state index >= 15 is 0 Å². The van der Waals surface area contributed by atoms with Crippen molar-refractivity contribution in [3.63, 3.8) is 0 Å². The third kappa shape index (κ3) is 3.98. The molecule has 5 heteroatoms. The average Bonchev–Trinajstić information content (AvgIpc) is 2.32. The van der Waals surface area contributed by atoms with E-state index in [1.54, 1.807) is 13.8 Å². The Hall–Kier alpha value is -2.04. The Morgan fingerprint density at radius 3 is 2.63 bits per heavy atom. The van der Waals surface area contributed by atoms with Crippen LogP contribution in [0.1, 0.15) is 30.5 Å². The normalized spacial score (nSPS) is 12.3. The van der Waals surface area contributed by atoms with E-state index in [-0.39, 0.29) is 18.2 Å². The molecule has 0 heterocycles. The summed E-state index contributed by atoms with van der Waals surface area (Å²) >= 11 is 0. The van der Waals surface area contributed by atoms with E-state index in [0.717, 1.165) is 16.7 Å². The van der Waals surface area contributed by atoms with Crippen LogP contribution in [-0.4, -0.2) is 22.5 Å². The summed E-state index contributed by atoms with van der Waals surface area (Å²) in [6.07, 6.45) is 0.273. The van der Waals surface area contributed by atoms with Gasteiger partial charge in [-0.1, -0.05) is 28.9 Å². The molecule has 0 saturated heterocycles. The van der Waals surface area contributed by atoms with E-state index in [2.05, 4.69) is 10.5 Å². The largest absolute Gasteiger partial charge is 0.409 e. The van der Waals surface area contributed by atoms with E-state index in [0.29, 0.717) is 0 Å². The van der Waals surface area contributed by atoms with Gasteiger partial charge in [-0.2, -0.15) is 0 Å². The third-order valence-corrected chi connectivity index (χ3v) is 3.06. The number of nitrogens with zero attached hydrogens (tertiary/aromatic N) is 1. The van der Waals surface area contributed by atoms with Gasteiger partial charge in [-0.3, -0.25) is 4.79 Å². The first-order valence-electron chi connectivity index (χ1n) is 6.11. The van der Waals surface area contributed by atoms with Crippen LogP contribution in [0.2, 0.25) is 0 Å². The number of hydrogen-bond acceptors (Lipinski definition) is 3. The molecule has 0 aliphatic heterocycles. The molecule has 0 atom stereocenters. The summed E-state index contributed by atoms with van der Waals surface area (Å²) in [6, 6.07) is 6.00. The van der Waals surface area contributed by atoms with Crippen molar-refractivity contribution in [2.45, 2.75) is 39.7 Å². The summed E-state index contributed by atoms with van der Waals surface area (Å²) in [6.45, 7) is 7.32. The van der Waals surface area contributed by atoms with Gasteiger partial charge in [-0.15, -0.1) is 0 Å². The fourth-order valence-electron chi connectivity index (χ4n) is 1.75. The zero-order chi connectivity index (χ0) is 14.6. The molecule has 0 aliphatic rings. The maximum absolute atomic E-state index is 12.0. The number of aryl methyl sites for hydroxylation is 2. The molecule has 1 aromatic carbocycles. The van der Waals surface area contributed by atoms with Crippen molar-refractivity contribution in [2.24, 2.45) is 10.9 Å². The van der Waals surface area contributed by atoms with Crippen molar-refractivity contribution < 1.29 is 10.0 Å². The Kier molecular flexibility index (Phi) is 4.53. The molecule has 0 saturated carbocycles. The first kappa shape index (κ1) is 15.0. The highest BCUT2D eigenvalue weighted by molar-refractivity contribution is 5.93. The van der Waals surface area contributed by atoms with Gasteiger partial charge in [0.15, 0.2) is 5.84 Å². The highest BCUT2D eigenvalue weighted by Gasteiger charge is 2.25. The van der Waals surface area contributed by atoms with Crippen LogP contribution in [0.5, 0.6) is 0 Å². The molecule has 0 radical (unpaired) electrons. The zero-order valence-electron chi connectivity index (χ0n) is 11.8. The fraction of sp³-hybridized carbons (Fsp3) is 0.429. The number of oxime groups is 1. The fourth-order valence-corrected chi connectivity index (χ4v) is 1.75. The summed E-state index contributed by atoms with van der Waals surface area (Å²) in [7, 11) is 0. The molecule has 0 spiro atoms. The molecule has 0 aromatic heterocycles. The number of hydrogen-bond donors (Lipinski definition) is 3. The highest BCUT2D eigenvalue weighted by atomic mass is 16.4. The monoisotopic (exact) mass is 263 g/mol. The second kappa shape index (κ2) is 5.73. The molecule has 1 amide bonds. The zero-order valence-corrected chi connectivity index (χ0v) is 11.8. The molecule has 4 N–H and O–H groups in total. The second-order valence-electron chi connectivity index (χ2n) is 5.27. The molecule has 1 aromatic rings. The Bertz CT molecular complexity index is 507. The summed E-state index contributed by atoms with van der Waals surface area (Å²) in [5.41, 5.74) is 7.83. The lowest BCUT2D eigenvalue weighted by molar-refractivity contribution is -0.121. The van der Waals surface area contributed by atoms with E-state index < -0.39 is 5.54 Å². The predicted molar refractivity (Wildman–Crippen MR) is 75.3 cm³/mol. The lowest BCUT2D eigenvalue weighted by Gasteiger charge is -2.24. The smallest absolute Gasteiger partial charge is 0.225 e. The van der Waals surface area contributed by atoms with Gasteiger partial charge >= 0.3 is 0 Å². The van der Waals surface area contributed by atoms with Crippen molar-refractivity contribution in [3.8, 4) is 0 Å². The number of nitrogens with one attached hydrogen (secondary N) is 1. The van der Waals surface area contributed by atoms with Crippen molar-refractivity contribution in [1.82, 2.24) is 5.32 Å². The molecule has 104 valence electrons. The van der Waals surface area contributed by atoms with Crippen LogP contribution in [0.4, 0.5) is 0 Å². The first-order valence-corrected chi connectivity index (χ1v) is 6.11. The Balaban J connectivity index is 2.78. The topological polar surface area (TPSA) is 87.7 Å². The second-order valence-corrected chi connectivity index (χ2v) is 5.27. The van der Waals surface area contributed by atoms with Crippen LogP contribution < -0.4 is 11.1 Å². The van der Waals surface area contributed by atoms with Crippen molar-refractivity contribution >= 4 is 11.7 Å². The van der Waals surface area contributed by atoms with Gasteiger partial charge in [0, 0.05) is 0 Å². The van der Waals surface area contributed by atoms with Gasteiger partial charge in [0.2, 0.25) is 5.91 Å². The van der Waals surface area contributed by atoms with Crippen LogP contribution in [0.25, 0.3) is 0 Å².